The van der Waals surface area contributed by atoms with Gasteiger partial charge in [0.05, 0.1) is 12.7 Å². The van der Waals surface area contributed by atoms with Crippen LogP contribution in [0.4, 0.5) is 4.39 Å². The number of carbonyl (C=O) groups excluding carboxylic acids is 3. The average Bonchev–Trinajstić information content (AvgIpc) is 3.15. The summed E-state index contributed by atoms with van der Waals surface area (Å²) in [4.78, 5) is 39.5. The van der Waals surface area contributed by atoms with Crippen LogP contribution in [0.25, 0.3) is 10.9 Å². The standard InChI is InChI=1S/C22H21FN2O5/c1-13-7-8-14(9-17(13)23)21(27)30-12-20(26)25-19(22(28)29-2)10-15-11-24-18-6-4-3-5-16(15)18/h3-9,11,19,24H,10,12H2,1-2H3,(H,25,26)/t19-/m0/s1. The molecule has 0 aliphatic carbocycles. The van der Waals surface area contributed by atoms with E-state index in [-0.39, 0.29) is 12.0 Å². The molecule has 3 rings (SSSR count). The molecule has 1 atom stereocenters. The zero-order valence-electron chi connectivity index (χ0n) is 16.5. The number of methoxy groups -OCH3 is 1. The summed E-state index contributed by atoms with van der Waals surface area (Å²) >= 11 is 0. The van der Waals surface area contributed by atoms with Gasteiger partial charge in [0.2, 0.25) is 0 Å². The van der Waals surface area contributed by atoms with Crippen LogP contribution in [0.1, 0.15) is 21.5 Å². The van der Waals surface area contributed by atoms with Crippen LogP contribution in [0.2, 0.25) is 0 Å². The predicted molar refractivity (Wildman–Crippen MR) is 107 cm³/mol. The minimum atomic E-state index is -0.961. The van der Waals surface area contributed by atoms with E-state index in [0.29, 0.717) is 5.56 Å². The van der Waals surface area contributed by atoms with E-state index in [1.165, 1.54) is 19.2 Å². The normalized spacial score (nSPS) is 11.7. The molecule has 0 unspecified atom stereocenters. The number of fused-ring (bicyclic) bond motifs is 1. The van der Waals surface area contributed by atoms with Crippen LogP contribution in [0.3, 0.4) is 0 Å². The maximum Gasteiger partial charge on any atom is 0.338 e. The molecule has 0 saturated heterocycles. The van der Waals surface area contributed by atoms with Crippen molar-refractivity contribution in [3.8, 4) is 0 Å². The summed E-state index contributed by atoms with van der Waals surface area (Å²) in [6.07, 6.45) is 1.96. The number of aryl methyl sites for hydroxylation is 1. The number of H-pyrrole nitrogens is 1. The zero-order valence-corrected chi connectivity index (χ0v) is 16.5. The highest BCUT2D eigenvalue weighted by Crippen LogP contribution is 2.19. The molecule has 0 aliphatic rings. The SMILES string of the molecule is COC(=O)[C@H](Cc1c[nH]c2ccccc12)NC(=O)COC(=O)c1ccc(C)c(F)c1. The first-order valence-corrected chi connectivity index (χ1v) is 9.24. The fourth-order valence-electron chi connectivity index (χ4n) is 3.03. The van der Waals surface area contributed by atoms with Crippen molar-refractivity contribution in [3.63, 3.8) is 0 Å². The van der Waals surface area contributed by atoms with E-state index in [1.807, 2.05) is 24.3 Å². The summed E-state index contributed by atoms with van der Waals surface area (Å²) in [5.41, 5.74) is 2.12. The van der Waals surface area contributed by atoms with Crippen molar-refractivity contribution in [2.45, 2.75) is 19.4 Å². The Bertz CT molecular complexity index is 1090. The third-order valence-corrected chi connectivity index (χ3v) is 4.66. The van der Waals surface area contributed by atoms with Crippen LogP contribution in [0.15, 0.2) is 48.7 Å². The third kappa shape index (κ3) is 4.83. The average molecular weight is 412 g/mol. The number of amides is 1. The molecular weight excluding hydrogens is 391 g/mol. The lowest BCUT2D eigenvalue weighted by Crippen LogP contribution is -2.44. The predicted octanol–water partition coefficient (Wildman–Crippen LogP) is 2.67. The number of para-hydroxylation sites is 1. The van der Waals surface area contributed by atoms with Crippen molar-refractivity contribution in [3.05, 3.63) is 71.2 Å². The Kier molecular flexibility index (Phi) is 6.46. The summed E-state index contributed by atoms with van der Waals surface area (Å²) in [6, 6.07) is 10.5. The molecule has 0 aliphatic heterocycles. The number of benzene rings is 2. The quantitative estimate of drug-likeness (QED) is 0.582. The molecule has 0 bridgehead atoms. The van der Waals surface area contributed by atoms with Gasteiger partial charge in [-0.25, -0.2) is 14.0 Å². The molecule has 2 N–H and O–H groups in total. The number of esters is 2. The van der Waals surface area contributed by atoms with E-state index in [9.17, 15) is 18.8 Å². The van der Waals surface area contributed by atoms with Gasteiger partial charge in [-0.15, -0.1) is 0 Å². The van der Waals surface area contributed by atoms with E-state index in [0.717, 1.165) is 22.5 Å². The molecule has 0 saturated carbocycles. The molecule has 156 valence electrons. The molecule has 1 aromatic heterocycles. The van der Waals surface area contributed by atoms with Gasteiger partial charge in [0.25, 0.3) is 5.91 Å². The van der Waals surface area contributed by atoms with Crippen LogP contribution < -0.4 is 5.32 Å². The van der Waals surface area contributed by atoms with Gasteiger partial charge in [0.15, 0.2) is 6.61 Å². The Labute approximate surface area is 172 Å². The lowest BCUT2D eigenvalue weighted by molar-refractivity contribution is -0.145. The largest absolute Gasteiger partial charge is 0.467 e. The fraction of sp³-hybridized carbons (Fsp3) is 0.227. The highest BCUT2D eigenvalue weighted by Gasteiger charge is 2.24. The second kappa shape index (κ2) is 9.21. The Hall–Kier alpha value is -3.68. The van der Waals surface area contributed by atoms with E-state index >= 15 is 0 Å². The first kappa shape index (κ1) is 21.0. The second-order valence-corrected chi connectivity index (χ2v) is 6.75. The lowest BCUT2D eigenvalue weighted by Gasteiger charge is -2.16. The van der Waals surface area contributed by atoms with Gasteiger partial charge in [0, 0.05) is 23.5 Å². The van der Waals surface area contributed by atoms with E-state index in [2.05, 4.69) is 10.3 Å². The van der Waals surface area contributed by atoms with Crippen LogP contribution in [0.5, 0.6) is 0 Å². The van der Waals surface area contributed by atoms with Gasteiger partial charge in [0.1, 0.15) is 11.9 Å². The van der Waals surface area contributed by atoms with Gasteiger partial charge in [-0.3, -0.25) is 4.79 Å². The molecular formula is C22H21FN2O5. The summed E-state index contributed by atoms with van der Waals surface area (Å²) in [7, 11) is 1.22. The Morgan fingerprint density at radius 3 is 2.67 bits per heavy atom. The van der Waals surface area contributed by atoms with Crippen molar-refractivity contribution in [1.29, 1.82) is 0 Å². The van der Waals surface area contributed by atoms with E-state index in [1.54, 1.807) is 13.1 Å². The van der Waals surface area contributed by atoms with E-state index < -0.39 is 36.3 Å². The summed E-state index contributed by atoms with van der Waals surface area (Å²) in [6.45, 7) is 0.953. The number of rotatable bonds is 7. The summed E-state index contributed by atoms with van der Waals surface area (Å²) in [5, 5.41) is 3.44. The molecule has 0 fully saturated rings. The molecule has 30 heavy (non-hydrogen) atoms. The topological polar surface area (TPSA) is 97.5 Å². The number of ether oxygens (including phenoxy) is 2. The zero-order chi connectivity index (χ0) is 21.7. The van der Waals surface area contributed by atoms with Gasteiger partial charge < -0.3 is 19.8 Å². The monoisotopic (exact) mass is 412 g/mol. The van der Waals surface area contributed by atoms with Gasteiger partial charge >= 0.3 is 11.9 Å². The number of carbonyl (C=O) groups is 3. The van der Waals surface area contributed by atoms with E-state index in [4.69, 9.17) is 9.47 Å². The minimum absolute atomic E-state index is 0.00536. The highest BCUT2D eigenvalue weighted by molar-refractivity contribution is 5.92. The Morgan fingerprint density at radius 1 is 1.17 bits per heavy atom. The second-order valence-electron chi connectivity index (χ2n) is 6.75. The van der Waals surface area contributed by atoms with Gasteiger partial charge in [-0.05, 0) is 36.2 Å². The third-order valence-electron chi connectivity index (χ3n) is 4.66. The lowest BCUT2D eigenvalue weighted by atomic mass is 10.0. The maximum absolute atomic E-state index is 13.6. The maximum atomic E-state index is 13.6. The number of halogens is 1. The molecule has 8 heteroatoms. The number of hydrogen-bond donors (Lipinski definition) is 2. The van der Waals surface area contributed by atoms with Crippen LogP contribution in [0, 0.1) is 12.7 Å². The molecule has 7 nitrogen and oxygen atoms in total. The molecule has 1 heterocycles. The summed E-state index contributed by atoms with van der Waals surface area (Å²) in [5.74, 6) is -2.68. The molecule has 2 aromatic carbocycles. The number of aromatic amines is 1. The van der Waals surface area contributed by atoms with Crippen molar-refractivity contribution < 1.29 is 28.2 Å². The number of nitrogens with one attached hydrogen (secondary N) is 2. The van der Waals surface area contributed by atoms with Gasteiger partial charge in [-0.2, -0.15) is 0 Å². The number of hydrogen-bond acceptors (Lipinski definition) is 5. The van der Waals surface area contributed by atoms with Crippen molar-refractivity contribution in [2.75, 3.05) is 13.7 Å². The molecule has 0 spiro atoms. The minimum Gasteiger partial charge on any atom is -0.467 e. The summed E-state index contributed by atoms with van der Waals surface area (Å²) < 4.78 is 23.3. The smallest absolute Gasteiger partial charge is 0.338 e. The molecule has 1 amide bonds. The van der Waals surface area contributed by atoms with Crippen molar-refractivity contribution in [1.82, 2.24) is 10.3 Å². The molecule has 0 radical (unpaired) electrons. The first-order valence-electron chi connectivity index (χ1n) is 9.24. The van der Waals surface area contributed by atoms with Crippen molar-refractivity contribution in [2.24, 2.45) is 0 Å². The highest BCUT2D eigenvalue weighted by atomic mass is 19.1. The number of aromatic nitrogens is 1. The van der Waals surface area contributed by atoms with Crippen LogP contribution >= 0.6 is 0 Å². The Morgan fingerprint density at radius 2 is 1.93 bits per heavy atom. The molecule has 3 aromatic rings. The van der Waals surface area contributed by atoms with Crippen LogP contribution in [-0.2, 0) is 25.5 Å². The van der Waals surface area contributed by atoms with Gasteiger partial charge in [-0.1, -0.05) is 24.3 Å². The van der Waals surface area contributed by atoms with Crippen molar-refractivity contribution >= 4 is 28.7 Å². The first-order chi connectivity index (χ1) is 14.4. The van der Waals surface area contributed by atoms with Crippen LogP contribution in [-0.4, -0.2) is 42.6 Å². The fourth-order valence-corrected chi connectivity index (χ4v) is 3.03. The Balaban J connectivity index is 1.63.